The molecule has 2 rings (SSSR count). The van der Waals surface area contributed by atoms with Crippen molar-refractivity contribution in [2.75, 3.05) is 39.3 Å². The molecular weight excluding hydrogens is 308 g/mol. The minimum Gasteiger partial charge on any atom is -0.492 e. The molecule has 0 radical (unpaired) electrons. The fourth-order valence-corrected chi connectivity index (χ4v) is 2.46. The van der Waals surface area contributed by atoms with Crippen LogP contribution in [0.1, 0.15) is 26.3 Å². The van der Waals surface area contributed by atoms with Crippen LogP contribution in [-0.4, -0.2) is 65.9 Å². The third-order valence-corrected chi connectivity index (χ3v) is 3.81. The number of nitrogens with zero attached hydrogens (tertiary/aromatic N) is 2. The van der Waals surface area contributed by atoms with E-state index in [-0.39, 0.29) is 12.7 Å². The first-order valence-corrected chi connectivity index (χ1v) is 8.40. The fraction of sp³-hybridized carbons (Fsp3) is 0.611. The maximum absolute atomic E-state index is 12.0. The van der Waals surface area contributed by atoms with Crippen molar-refractivity contribution in [1.29, 1.82) is 0 Å². The van der Waals surface area contributed by atoms with Gasteiger partial charge in [-0.2, -0.15) is 0 Å². The van der Waals surface area contributed by atoms with E-state index in [2.05, 4.69) is 4.90 Å². The second-order valence-corrected chi connectivity index (χ2v) is 6.96. The molecule has 6 nitrogen and oxygen atoms in total. The zero-order valence-corrected chi connectivity index (χ0v) is 14.8. The van der Waals surface area contributed by atoms with Gasteiger partial charge in [-0.25, -0.2) is 4.79 Å². The van der Waals surface area contributed by atoms with Crippen molar-refractivity contribution in [3.05, 3.63) is 29.8 Å². The smallest absolute Gasteiger partial charge is 0.410 e. The molecule has 0 aliphatic carbocycles. The van der Waals surface area contributed by atoms with Crippen molar-refractivity contribution in [2.45, 2.75) is 33.0 Å². The van der Waals surface area contributed by atoms with E-state index in [1.807, 2.05) is 45.0 Å². The average molecular weight is 336 g/mol. The van der Waals surface area contributed by atoms with Gasteiger partial charge < -0.3 is 19.5 Å². The number of piperazine rings is 1. The molecule has 6 heteroatoms. The number of hydrogen-bond donors (Lipinski definition) is 1. The summed E-state index contributed by atoms with van der Waals surface area (Å²) in [7, 11) is 0. The number of aliphatic hydroxyl groups is 1. The molecule has 0 bridgehead atoms. The second-order valence-electron chi connectivity index (χ2n) is 6.96. The predicted molar refractivity (Wildman–Crippen MR) is 92.1 cm³/mol. The van der Waals surface area contributed by atoms with Gasteiger partial charge in [-0.15, -0.1) is 0 Å². The van der Waals surface area contributed by atoms with E-state index in [4.69, 9.17) is 14.6 Å². The molecule has 0 atom stereocenters. The fourth-order valence-electron chi connectivity index (χ4n) is 2.46. The van der Waals surface area contributed by atoms with Crippen LogP contribution in [0.5, 0.6) is 5.75 Å². The molecule has 24 heavy (non-hydrogen) atoms. The highest BCUT2D eigenvalue weighted by Gasteiger charge is 2.25. The number of hydrogen-bond acceptors (Lipinski definition) is 5. The lowest BCUT2D eigenvalue weighted by Gasteiger charge is -2.35. The number of carbonyl (C=O) groups excluding carboxylic acids is 1. The van der Waals surface area contributed by atoms with Crippen molar-refractivity contribution in [2.24, 2.45) is 0 Å². The van der Waals surface area contributed by atoms with Crippen molar-refractivity contribution < 1.29 is 19.4 Å². The van der Waals surface area contributed by atoms with Gasteiger partial charge in [0.2, 0.25) is 0 Å². The lowest BCUT2D eigenvalue weighted by Crippen LogP contribution is -2.50. The monoisotopic (exact) mass is 336 g/mol. The van der Waals surface area contributed by atoms with Gasteiger partial charge in [-0.1, -0.05) is 12.1 Å². The number of rotatable bonds is 5. The van der Waals surface area contributed by atoms with Crippen molar-refractivity contribution >= 4 is 6.09 Å². The molecule has 1 fully saturated rings. The zero-order chi connectivity index (χ0) is 17.6. The number of benzene rings is 1. The molecule has 1 amide bonds. The number of ether oxygens (including phenoxy) is 2. The Morgan fingerprint density at radius 2 is 1.75 bits per heavy atom. The molecule has 0 saturated carbocycles. The first-order chi connectivity index (χ1) is 11.4. The first kappa shape index (κ1) is 18.5. The molecule has 0 spiro atoms. The molecule has 0 unspecified atom stereocenters. The Kier molecular flexibility index (Phi) is 6.45. The Morgan fingerprint density at radius 3 is 2.29 bits per heavy atom. The van der Waals surface area contributed by atoms with Gasteiger partial charge >= 0.3 is 6.09 Å². The third kappa shape index (κ3) is 6.02. The molecule has 1 aromatic carbocycles. The molecule has 1 aliphatic rings. The lowest BCUT2D eigenvalue weighted by molar-refractivity contribution is 0.0137. The van der Waals surface area contributed by atoms with E-state index in [0.29, 0.717) is 19.7 Å². The van der Waals surface area contributed by atoms with Crippen LogP contribution in [-0.2, 0) is 11.3 Å². The minimum absolute atomic E-state index is 0.0439. The second kappa shape index (κ2) is 8.35. The molecule has 1 aromatic rings. The highest BCUT2D eigenvalue weighted by atomic mass is 16.6. The average Bonchev–Trinajstić information content (AvgIpc) is 2.54. The summed E-state index contributed by atoms with van der Waals surface area (Å²) < 4.78 is 11.1. The molecule has 134 valence electrons. The van der Waals surface area contributed by atoms with Crippen LogP contribution in [0.2, 0.25) is 0 Å². The Morgan fingerprint density at radius 1 is 1.12 bits per heavy atom. The SMILES string of the molecule is CC(C)(C)OC(=O)N1CCN(CCOc2ccc(CO)cc2)CC1. The third-order valence-electron chi connectivity index (χ3n) is 3.81. The van der Waals surface area contributed by atoms with Gasteiger partial charge in [0, 0.05) is 32.7 Å². The number of aliphatic hydroxyl groups excluding tert-OH is 1. The Balaban J connectivity index is 1.66. The standard InChI is InChI=1S/C18H28N2O4/c1-18(2,3)24-17(22)20-10-8-19(9-11-20)12-13-23-16-6-4-15(14-21)5-7-16/h4-7,21H,8-14H2,1-3H3. The van der Waals surface area contributed by atoms with Crippen LogP contribution in [0.3, 0.4) is 0 Å². The van der Waals surface area contributed by atoms with Crippen molar-refractivity contribution in [3.8, 4) is 5.75 Å². The summed E-state index contributed by atoms with van der Waals surface area (Å²) in [6.45, 7) is 10.1. The molecule has 1 N–H and O–H groups in total. The number of amides is 1. The van der Waals surface area contributed by atoms with Crippen LogP contribution in [0, 0.1) is 0 Å². The molecule has 1 aliphatic heterocycles. The highest BCUT2D eigenvalue weighted by Crippen LogP contribution is 2.13. The quantitative estimate of drug-likeness (QED) is 0.892. The van der Waals surface area contributed by atoms with Crippen molar-refractivity contribution in [3.63, 3.8) is 0 Å². The summed E-state index contributed by atoms with van der Waals surface area (Å²) in [5.74, 6) is 0.805. The van der Waals surface area contributed by atoms with Gasteiger partial charge in [0.25, 0.3) is 0 Å². The van der Waals surface area contributed by atoms with Crippen molar-refractivity contribution in [1.82, 2.24) is 9.80 Å². The topological polar surface area (TPSA) is 62.2 Å². The van der Waals surface area contributed by atoms with E-state index in [9.17, 15) is 4.79 Å². The Bertz CT molecular complexity index is 517. The highest BCUT2D eigenvalue weighted by molar-refractivity contribution is 5.68. The van der Waals surface area contributed by atoms with Gasteiger partial charge in [0.15, 0.2) is 0 Å². The van der Waals surface area contributed by atoms with Gasteiger partial charge in [-0.05, 0) is 38.5 Å². The normalized spacial score (nSPS) is 16.1. The maximum atomic E-state index is 12.0. The summed E-state index contributed by atoms with van der Waals surface area (Å²) in [6.07, 6.45) is -0.234. The first-order valence-electron chi connectivity index (χ1n) is 8.40. The van der Waals surface area contributed by atoms with E-state index >= 15 is 0 Å². The summed E-state index contributed by atoms with van der Waals surface area (Å²) >= 11 is 0. The van der Waals surface area contributed by atoms with E-state index in [1.165, 1.54) is 0 Å². The predicted octanol–water partition coefficient (Wildman–Crippen LogP) is 2.11. The number of carbonyl (C=O) groups is 1. The summed E-state index contributed by atoms with van der Waals surface area (Å²) in [6, 6.07) is 7.45. The van der Waals surface area contributed by atoms with E-state index in [1.54, 1.807) is 4.90 Å². The van der Waals surface area contributed by atoms with Crippen LogP contribution in [0.25, 0.3) is 0 Å². The summed E-state index contributed by atoms with van der Waals surface area (Å²) in [5.41, 5.74) is 0.425. The molecular formula is C18H28N2O4. The van der Waals surface area contributed by atoms with Gasteiger partial charge in [-0.3, -0.25) is 4.90 Å². The molecule has 0 aromatic heterocycles. The Hall–Kier alpha value is -1.79. The lowest BCUT2D eigenvalue weighted by atomic mass is 10.2. The minimum atomic E-state index is -0.451. The zero-order valence-electron chi connectivity index (χ0n) is 14.8. The largest absolute Gasteiger partial charge is 0.492 e. The van der Waals surface area contributed by atoms with Crippen LogP contribution < -0.4 is 4.74 Å². The molecule has 1 saturated heterocycles. The maximum Gasteiger partial charge on any atom is 0.410 e. The molecule has 1 heterocycles. The Labute approximate surface area is 144 Å². The summed E-state index contributed by atoms with van der Waals surface area (Å²) in [5, 5.41) is 9.01. The van der Waals surface area contributed by atoms with Gasteiger partial charge in [0.05, 0.1) is 6.61 Å². The van der Waals surface area contributed by atoms with Crippen LogP contribution >= 0.6 is 0 Å². The van der Waals surface area contributed by atoms with Gasteiger partial charge in [0.1, 0.15) is 18.0 Å². The summed E-state index contributed by atoms with van der Waals surface area (Å²) in [4.78, 5) is 16.1. The van der Waals surface area contributed by atoms with E-state index in [0.717, 1.165) is 30.9 Å². The van der Waals surface area contributed by atoms with E-state index < -0.39 is 5.60 Å². The van der Waals surface area contributed by atoms with Crippen LogP contribution in [0.4, 0.5) is 4.79 Å². The van der Waals surface area contributed by atoms with Crippen LogP contribution in [0.15, 0.2) is 24.3 Å².